The topological polar surface area (TPSA) is 74.8 Å². The predicted octanol–water partition coefficient (Wildman–Crippen LogP) is 4.09. The number of H-pyrrole nitrogens is 1. The van der Waals surface area contributed by atoms with Crippen molar-refractivity contribution in [2.45, 2.75) is 0 Å². The van der Waals surface area contributed by atoms with Crippen molar-refractivity contribution in [1.29, 1.82) is 0 Å². The maximum atomic E-state index is 13.1. The molecular formula is C19H11N3O2S. The molecule has 0 bridgehead atoms. The van der Waals surface area contributed by atoms with Crippen LogP contribution in [0.25, 0.3) is 22.2 Å². The van der Waals surface area contributed by atoms with Gasteiger partial charge < -0.3 is 5.32 Å². The maximum absolute atomic E-state index is 13.1. The van der Waals surface area contributed by atoms with Gasteiger partial charge >= 0.3 is 0 Å². The van der Waals surface area contributed by atoms with Crippen LogP contribution in [-0.4, -0.2) is 21.9 Å². The van der Waals surface area contributed by atoms with Crippen molar-refractivity contribution in [3.8, 4) is 11.3 Å². The molecule has 0 radical (unpaired) electrons. The first-order valence-electron chi connectivity index (χ1n) is 7.74. The fraction of sp³-hybridized carbons (Fsp3) is 0. The molecule has 0 spiro atoms. The number of thiophene rings is 1. The maximum Gasteiger partial charge on any atom is 0.265 e. The number of nitrogens with zero attached hydrogens (tertiary/aromatic N) is 1. The number of hydrogen-bond donors (Lipinski definition) is 2. The Morgan fingerprint density at radius 1 is 1.04 bits per heavy atom. The van der Waals surface area contributed by atoms with Gasteiger partial charge in [-0.15, -0.1) is 11.3 Å². The number of aromatic amines is 1. The van der Waals surface area contributed by atoms with Crippen LogP contribution in [0.5, 0.6) is 0 Å². The van der Waals surface area contributed by atoms with Gasteiger partial charge in [0, 0.05) is 16.5 Å². The Bertz CT molecular complexity index is 1160. The number of fused-ring (bicyclic) bond motifs is 2. The molecule has 25 heavy (non-hydrogen) atoms. The van der Waals surface area contributed by atoms with Crippen molar-refractivity contribution in [3.05, 3.63) is 69.9 Å². The summed E-state index contributed by atoms with van der Waals surface area (Å²) >= 11 is 1.36. The van der Waals surface area contributed by atoms with Crippen molar-refractivity contribution in [1.82, 2.24) is 10.2 Å². The molecule has 6 heteroatoms. The normalized spacial score (nSPS) is 12.2. The minimum absolute atomic E-state index is 0.100. The molecule has 1 amide bonds. The van der Waals surface area contributed by atoms with Crippen molar-refractivity contribution < 1.29 is 9.59 Å². The van der Waals surface area contributed by atoms with Crippen LogP contribution >= 0.6 is 11.3 Å². The van der Waals surface area contributed by atoms with E-state index in [9.17, 15) is 9.59 Å². The first kappa shape index (κ1) is 14.1. The summed E-state index contributed by atoms with van der Waals surface area (Å²) in [6.07, 6.45) is 0. The molecule has 2 aromatic heterocycles. The van der Waals surface area contributed by atoms with Crippen LogP contribution in [0.15, 0.2) is 53.9 Å². The van der Waals surface area contributed by atoms with Crippen LogP contribution in [0.3, 0.4) is 0 Å². The molecule has 120 valence electrons. The Balaban J connectivity index is 1.70. The molecule has 5 rings (SSSR count). The van der Waals surface area contributed by atoms with Crippen LogP contribution in [0.1, 0.15) is 25.6 Å². The lowest BCUT2D eigenvalue weighted by Gasteiger charge is -2.18. The third-order valence-corrected chi connectivity index (χ3v) is 5.24. The van der Waals surface area contributed by atoms with Crippen molar-refractivity contribution in [2.24, 2.45) is 0 Å². The van der Waals surface area contributed by atoms with Gasteiger partial charge in [-0.2, -0.15) is 5.10 Å². The summed E-state index contributed by atoms with van der Waals surface area (Å²) in [5.74, 6) is -0.321. The Kier molecular flexibility index (Phi) is 2.89. The molecule has 1 aliphatic carbocycles. The molecule has 4 aromatic rings. The zero-order valence-electron chi connectivity index (χ0n) is 12.9. The largest absolute Gasteiger partial charge is 0.321 e. The van der Waals surface area contributed by atoms with Gasteiger partial charge in [0.2, 0.25) is 0 Å². The smallest absolute Gasteiger partial charge is 0.265 e. The molecule has 2 heterocycles. The zero-order chi connectivity index (χ0) is 17.0. The Hall–Kier alpha value is -3.25. The van der Waals surface area contributed by atoms with Crippen LogP contribution in [0.4, 0.5) is 5.69 Å². The van der Waals surface area contributed by atoms with Gasteiger partial charge in [-0.25, -0.2) is 0 Å². The molecule has 5 nitrogen and oxygen atoms in total. The summed E-state index contributed by atoms with van der Waals surface area (Å²) in [5.41, 5.74) is 3.91. The highest BCUT2D eigenvalue weighted by Gasteiger charge is 2.30. The average Bonchev–Trinajstić information content (AvgIpc) is 3.30. The lowest BCUT2D eigenvalue weighted by molar-refractivity contribution is 0.103. The molecule has 0 unspecified atom stereocenters. The number of nitrogens with one attached hydrogen (secondary N) is 2. The fourth-order valence-electron chi connectivity index (χ4n) is 3.28. The van der Waals surface area contributed by atoms with Gasteiger partial charge in [0.25, 0.3) is 5.91 Å². The summed E-state index contributed by atoms with van der Waals surface area (Å²) in [6, 6.07) is 14.5. The van der Waals surface area contributed by atoms with Crippen LogP contribution in [0, 0.1) is 0 Å². The van der Waals surface area contributed by atoms with Gasteiger partial charge in [0.1, 0.15) is 5.69 Å². The standard InChI is InChI=1S/C19H11N3O2S/c23-18-11-5-2-7-13-15(11)17(22-21-13)10-4-1-6-12(16(10)18)20-19(24)14-8-3-9-25-14/h1-9H,(H,20,24)(H,21,22). The van der Waals surface area contributed by atoms with Crippen LogP contribution in [0.2, 0.25) is 0 Å². The molecule has 1 aliphatic rings. The summed E-state index contributed by atoms with van der Waals surface area (Å²) in [7, 11) is 0. The number of carbonyl (C=O) groups excluding carboxylic acids is 2. The highest BCUT2D eigenvalue weighted by molar-refractivity contribution is 7.12. The summed E-state index contributed by atoms with van der Waals surface area (Å²) in [6.45, 7) is 0. The number of amides is 1. The SMILES string of the molecule is O=C(Nc1cccc2c1C(=O)c1cccc3[nH]nc-2c13)c1cccs1. The van der Waals surface area contributed by atoms with E-state index in [1.54, 1.807) is 18.2 Å². The van der Waals surface area contributed by atoms with Crippen molar-refractivity contribution in [3.63, 3.8) is 0 Å². The van der Waals surface area contributed by atoms with E-state index >= 15 is 0 Å². The second kappa shape index (κ2) is 5.12. The van der Waals surface area contributed by atoms with Gasteiger partial charge in [-0.1, -0.05) is 30.3 Å². The quantitative estimate of drug-likeness (QED) is 0.506. The minimum atomic E-state index is -0.220. The highest BCUT2D eigenvalue weighted by atomic mass is 32.1. The number of aromatic nitrogens is 2. The minimum Gasteiger partial charge on any atom is -0.321 e. The number of hydrogen-bond acceptors (Lipinski definition) is 4. The molecule has 2 N–H and O–H groups in total. The predicted molar refractivity (Wildman–Crippen MR) is 97.2 cm³/mol. The Labute approximate surface area is 146 Å². The number of anilines is 1. The van der Waals surface area contributed by atoms with E-state index in [0.717, 1.165) is 22.2 Å². The monoisotopic (exact) mass is 345 g/mol. The summed E-state index contributed by atoms with van der Waals surface area (Å²) < 4.78 is 0. The van der Waals surface area contributed by atoms with Gasteiger partial charge in [0.15, 0.2) is 5.78 Å². The van der Waals surface area contributed by atoms with Crippen LogP contribution in [-0.2, 0) is 0 Å². The molecule has 0 saturated carbocycles. The lowest BCUT2D eigenvalue weighted by atomic mass is 9.86. The van der Waals surface area contributed by atoms with Crippen LogP contribution < -0.4 is 5.32 Å². The zero-order valence-corrected chi connectivity index (χ0v) is 13.7. The molecule has 0 fully saturated rings. The number of ketones is 1. The third kappa shape index (κ3) is 1.98. The Morgan fingerprint density at radius 2 is 1.88 bits per heavy atom. The number of benzene rings is 2. The van der Waals surface area contributed by atoms with Gasteiger partial charge in [-0.05, 0) is 23.6 Å². The lowest BCUT2D eigenvalue weighted by Crippen LogP contribution is -2.17. The first-order valence-corrected chi connectivity index (χ1v) is 8.62. The molecule has 0 aliphatic heterocycles. The van der Waals surface area contributed by atoms with Crippen molar-refractivity contribution in [2.75, 3.05) is 5.32 Å². The summed E-state index contributed by atoms with van der Waals surface area (Å²) in [4.78, 5) is 26.1. The third-order valence-electron chi connectivity index (χ3n) is 4.37. The van der Waals surface area contributed by atoms with E-state index in [1.807, 2.05) is 35.7 Å². The highest BCUT2D eigenvalue weighted by Crippen LogP contribution is 2.40. The second-order valence-electron chi connectivity index (χ2n) is 5.79. The Morgan fingerprint density at radius 3 is 2.72 bits per heavy atom. The molecule has 0 saturated heterocycles. The van der Waals surface area contributed by atoms with E-state index in [0.29, 0.717) is 21.7 Å². The molecule has 0 atom stereocenters. The van der Waals surface area contributed by atoms with Gasteiger partial charge in [-0.3, -0.25) is 14.7 Å². The average molecular weight is 345 g/mol. The van der Waals surface area contributed by atoms with E-state index in [2.05, 4.69) is 15.5 Å². The van der Waals surface area contributed by atoms with Gasteiger partial charge in [0.05, 0.1) is 21.6 Å². The number of rotatable bonds is 2. The van der Waals surface area contributed by atoms with E-state index < -0.39 is 0 Å². The first-order chi connectivity index (χ1) is 12.2. The molecular weight excluding hydrogens is 334 g/mol. The fourth-order valence-corrected chi connectivity index (χ4v) is 3.90. The number of carbonyl (C=O) groups is 2. The molecule has 2 aromatic carbocycles. The van der Waals surface area contributed by atoms with E-state index in [1.165, 1.54) is 11.3 Å². The van der Waals surface area contributed by atoms with Crippen molar-refractivity contribution >= 4 is 39.6 Å². The summed E-state index contributed by atoms with van der Waals surface area (Å²) in [5, 5.41) is 12.9. The van der Waals surface area contributed by atoms with E-state index in [4.69, 9.17) is 0 Å². The second-order valence-corrected chi connectivity index (χ2v) is 6.74. The van der Waals surface area contributed by atoms with E-state index in [-0.39, 0.29) is 11.7 Å².